The number of halogens is 2. The fourth-order valence-electron chi connectivity index (χ4n) is 4.02. The number of nitrogens with one attached hydrogen (secondary N) is 3. The molecule has 1 unspecified atom stereocenters. The average Bonchev–Trinajstić information content (AvgIpc) is 3.18. The van der Waals surface area contributed by atoms with E-state index < -0.39 is 11.2 Å². The molecule has 4 N–H and O–H groups in total. The number of aromatic nitrogens is 3. The van der Waals surface area contributed by atoms with E-state index in [9.17, 15) is 14.3 Å². The first-order chi connectivity index (χ1) is 15.3. The molecule has 3 atom stereocenters. The molecule has 32 heavy (non-hydrogen) atoms. The molecule has 2 aliphatic rings. The van der Waals surface area contributed by atoms with Crippen molar-refractivity contribution in [2.75, 3.05) is 18.5 Å². The molecule has 0 spiro atoms. The van der Waals surface area contributed by atoms with E-state index in [0.717, 1.165) is 41.7 Å². The first-order valence-electron chi connectivity index (χ1n) is 10.9. The van der Waals surface area contributed by atoms with Gasteiger partial charge in [-0.05, 0) is 39.5 Å². The summed E-state index contributed by atoms with van der Waals surface area (Å²) in [6.45, 7) is 3.69. The smallest absolute Gasteiger partial charge is 0.228 e. The van der Waals surface area contributed by atoms with Gasteiger partial charge in [0.1, 0.15) is 5.49 Å². The SMILES string of the molecule is CC(C)(CO)C(=O)N[C@@H]1CCC[C@H](Nc2nc(-c3c[nH]c4c3=CC(Cl)CN=4)ncc2F)C1. The number of carbonyl (C=O) groups excluding carboxylic acids is 1. The first-order valence-corrected chi connectivity index (χ1v) is 11.3. The Morgan fingerprint density at radius 1 is 1.38 bits per heavy atom. The normalized spacial score (nSPS) is 23.0. The van der Waals surface area contributed by atoms with Crippen molar-refractivity contribution in [3.8, 4) is 11.4 Å². The summed E-state index contributed by atoms with van der Waals surface area (Å²) < 4.78 is 14.5. The Bertz CT molecular complexity index is 1120. The third kappa shape index (κ3) is 4.78. The molecular weight excluding hydrogens is 435 g/mol. The van der Waals surface area contributed by atoms with Crippen LogP contribution in [0, 0.1) is 11.2 Å². The van der Waals surface area contributed by atoms with Crippen molar-refractivity contribution < 1.29 is 14.3 Å². The number of aromatic amines is 1. The lowest BCUT2D eigenvalue weighted by Gasteiger charge is -2.33. The van der Waals surface area contributed by atoms with E-state index in [0.29, 0.717) is 18.8 Å². The molecule has 2 aromatic rings. The van der Waals surface area contributed by atoms with Gasteiger partial charge in [0.25, 0.3) is 0 Å². The van der Waals surface area contributed by atoms with Gasteiger partial charge in [0.15, 0.2) is 17.5 Å². The van der Waals surface area contributed by atoms with Crippen molar-refractivity contribution in [3.63, 3.8) is 0 Å². The van der Waals surface area contributed by atoms with Gasteiger partial charge < -0.3 is 20.7 Å². The topological polar surface area (TPSA) is 115 Å². The number of H-pyrrole nitrogens is 1. The summed E-state index contributed by atoms with van der Waals surface area (Å²) in [4.78, 5) is 28.5. The van der Waals surface area contributed by atoms with Crippen molar-refractivity contribution in [2.24, 2.45) is 10.4 Å². The van der Waals surface area contributed by atoms with E-state index in [-0.39, 0.29) is 35.8 Å². The Kier molecular flexibility index (Phi) is 6.48. The number of nitrogens with zero attached hydrogens (tertiary/aromatic N) is 3. The van der Waals surface area contributed by atoms with Crippen LogP contribution in [0.1, 0.15) is 39.5 Å². The van der Waals surface area contributed by atoms with Gasteiger partial charge in [0.05, 0.1) is 30.1 Å². The molecule has 0 bridgehead atoms. The number of alkyl halides is 1. The molecule has 8 nitrogen and oxygen atoms in total. The number of hydrogen-bond acceptors (Lipinski definition) is 6. The summed E-state index contributed by atoms with van der Waals surface area (Å²) in [5.41, 5.74) is 0.600. The molecule has 1 aliphatic heterocycles. The van der Waals surface area contributed by atoms with Crippen LogP contribution in [0.2, 0.25) is 0 Å². The molecule has 0 radical (unpaired) electrons. The molecule has 3 heterocycles. The Hall–Kier alpha value is -2.52. The van der Waals surface area contributed by atoms with Gasteiger partial charge in [0, 0.05) is 29.1 Å². The van der Waals surface area contributed by atoms with E-state index >= 15 is 0 Å². The lowest BCUT2D eigenvalue weighted by atomic mass is 9.88. The summed E-state index contributed by atoms with van der Waals surface area (Å²) in [5, 5.41) is 16.2. The zero-order chi connectivity index (χ0) is 22.9. The van der Waals surface area contributed by atoms with Crippen LogP contribution in [0.25, 0.3) is 17.5 Å². The highest BCUT2D eigenvalue weighted by Gasteiger charge is 2.31. The molecule has 172 valence electrons. The number of aliphatic hydroxyl groups excluding tert-OH is 1. The zero-order valence-electron chi connectivity index (χ0n) is 18.2. The van der Waals surface area contributed by atoms with E-state index in [2.05, 4.69) is 30.6 Å². The Balaban J connectivity index is 1.50. The van der Waals surface area contributed by atoms with E-state index in [4.69, 9.17) is 11.6 Å². The van der Waals surface area contributed by atoms with Crippen LogP contribution in [0.15, 0.2) is 17.4 Å². The molecule has 4 rings (SSSR count). The Morgan fingerprint density at radius 3 is 2.94 bits per heavy atom. The molecule has 1 fully saturated rings. The third-order valence-electron chi connectivity index (χ3n) is 6.02. The van der Waals surface area contributed by atoms with Gasteiger partial charge in [-0.3, -0.25) is 9.79 Å². The lowest BCUT2D eigenvalue weighted by Crippen LogP contribution is -2.47. The Morgan fingerprint density at radius 2 is 2.16 bits per heavy atom. The fourth-order valence-corrected chi connectivity index (χ4v) is 4.21. The highest BCUT2D eigenvalue weighted by Crippen LogP contribution is 2.25. The molecule has 0 aromatic carbocycles. The van der Waals surface area contributed by atoms with Crippen LogP contribution in [0.5, 0.6) is 0 Å². The third-order valence-corrected chi connectivity index (χ3v) is 6.28. The second-order valence-electron chi connectivity index (χ2n) is 9.10. The summed E-state index contributed by atoms with van der Waals surface area (Å²) in [6.07, 6.45) is 8.04. The standard InChI is InChI=1S/C22H28ClFN6O2/c1-22(2,11-31)21(32)29-14-5-3-4-13(7-14)28-20-17(24)10-27-19(30-20)16-9-26-18-15(16)6-12(23)8-25-18/h6,9-10,12-14,31H,3-5,7-8,11H2,1-2H3,(H,25,26)(H,29,32)(H,27,28,30)/t12?,13-,14+/m0/s1. The van der Waals surface area contributed by atoms with Crippen LogP contribution in [0.3, 0.4) is 0 Å². The van der Waals surface area contributed by atoms with Crippen molar-refractivity contribution in [1.29, 1.82) is 0 Å². The number of amides is 1. The summed E-state index contributed by atoms with van der Waals surface area (Å²) in [6, 6.07) is -0.0880. The number of rotatable bonds is 6. The molecule has 10 heteroatoms. The predicted octanol–water partition coefficient (Wildman–Crippen LogP) is 1.49. The van der Waals surface area contributed by atoms with Crippen LogP contribution in [-0.4, -0.2) is 56.6 Å². The molecule has 1 saturated carbocycles. The van der Waals surface area contributed by atoms with Crippen LogP contribution in [0.4, 0.5) is 10.2 Å². The number of fused-ring (bicyclic) bond motifs is 1. The Labute approximate surface area is 190 Å². The maximum atomic E-state index is 14.5. The average molecular weight is 463 g/mol. The number of anilines is 1. The van der Waals surface area contributed by atoms with Crippen LogP contribution >= 0.6 is 11.6 Å². The van der Waals surface area contributed by atoms with E-state index in [1.165, 1.54) is 0 Å². The largest absolute Gasteiger partial charge is 0.395 e. The molecule has 2 aromatic heterocycles. The number of aliphatic hydroxyl groups is 1. The van der Waals surface area contributed by atoms with Crippen molar-refractivity contribution in [3.05, 3.63) is 28.9 Å². The van der Waals surface area contributed by atoms with E-state index in [1.807, 2.05) is 6.08 Å². The van der Waals surface area contributed by atoms with Crippen molar-refractivity contribution in [1.82, 2.24) is 20.3 Å². The quantitative estimate of drug-likeness (QED) is 0.485. The number of carbonyl (C=O) groups is 1. The van der Waals surface area contributed by atoms with Gasteiger partial charge in [-0.25, -0.2) is 14.4 Å². The first kappa shape index (κ1) is 22.7. The lowest BCUT2D eigenvalue weighted by molar-refractivity contribution is -0.132. The van der Waals surface area contributed by atoms with E-state index in [1.54, 1.807) is 20.0 Å². The highest BCUT2D eigenvalue weighted by molar-refractivity contribution is 6.24. The van der Waals surface area contributed by atoms with Crippen molar-refractivity contribution in [2.45, 2.75) is 57.0 Å². The summed E-state index contributed by atoms with van der Waals surface area (Å²) in [7, 11) is 0. The van der Waals surface area contributed by atoms with Gasteiger partial charge >= 0.3 is 0 Å². The second-order valence-corrected chi connectivity index (χ2v) is 9.66. The van der Waals surface area contributed by atoms with Gasteiger partial charge in [-0.2, -0.15) is 0 Å². The minimum atomic E-state index is -0.838. The van der Waals surface area contributed by atoms with Crippen LogP contribution in [-0.2, 0) is 4.79 Å². The summed E-state index contributed by atoms with van der Waals surface area (Å²) in [5.74, 6) is -0.200. The van der Waals surface area contributed by atoms with Crippen LogP contribution < -0.4 is 21.3 Å². The summed E-state index contributed by atoms with van der Waals surface area (Å²) >= 11 is 6.21. The molecular formula is C22H28ClFN6O2. The molecule has 0 saturated heterocycles. The fraction of sp³-hybridized carbons (Fsp3) is 0.545. The molecule has 1 amide bonds. The highest BCUT2D eigenvalue weighted by atomic mass is 35.5. The van der Waals surface area contributed by atoms with Gasteiger partial charge in [0.2, 0.25) is 5.91 Å². The molecule has 1 aliphatic carbocycles. The van der Waals surface area contributed by atoms with Crippen molar-refractivity contribution >= 4 is 29.4 Å². The number of hydrogen-bond donors (Lipinski definition) is 4. The minimum absolute atomic E-state index is 0.0440. The van der Waals surface area contributed by atoms with Gasteiger partial charge in [-0.1, -0.05) is 6.08 Å². The second kappa shape index (κ2) is 9.15. The monoisotopic (exact) mass is 462 g/mol. The zero-order valence-corrected chi connectivity index (χ0v) is 18.9. The van der Waals surface area contributed by atoms with Gasteiger partial charge in [-0.15, -0.1) is 11.6 Å². The predicted molar refractivity (Wildman–Crippen MR) is 120 cm³/mol. The maximum absolute atomic E-state index is 14.5. The minimum Gasteiger partial charge on any atom is -0.395 e. The maximum Gasteiger partial charge on any atom is 0.228 e.